The Morgan fingerprint density at radius 2 is 1.88 bits per heavy atom. The summed E-state index contributed by atoms with van der Waals surface area (Å²) in [7, 11) is 0. The van der Waals surface area contributed by atoms with E-state index in [1.807, 2.05) is 60.7 Å². The van der Waals surface area contributed by atoms with E-state index in [1.54, 1.807) is 30.3 Å². The molecule has 1 heterocycles. The van der Waals surface area contributed by atoms with Crippen molar-refractivity contribution in [1.82, 2.24) is 10.9 Å². The number of aliphatic hydroxyl groups is 1. The lowest BCUT2D eigenvalue weighted by atomic mass is 9.83. The van der Waals surface area contributed by atoms with Crippen LogP contribution in [0.1, 0.15) is 48.5 Å². The molecule has 1 aliphatic carbocycles. The van der Waals surface area contributed by atoms with Crippen molar-refractivity contribution >= 4 is 23.6 Å². The zero-order valence-electron chi connectivity index (χ0n) is 23.2. The van der Waals surface area contributed by atoms with Gasteiger partial charge in [-0.15, -0.1) is 0 Å². The van der Waals surface area contributed by atoms with Crippen LogP contribution < -0.4 is 15.6 Å². The van der Waals surface area contributed by atoms with Gasteiger partial charge < -0.3 is 14.6 Å². The summed E-state index contributed by atoms with van der Waals surface area (Å²) in [5.41, 5.74) is 16.4. The number of carbonyl (C=O) groups is 1. The fraction of sp³-hybridized carbons (Fsp3) is 0.312. The fourth-order valence-electron chi connectivity index (χ4n) is 4.79. The van der Waals surface area contributed by atoms with E-state index in [1.165, 1.54) is 0 Å². The quantitative estimate of drug-likeness (QED) is 0.0746. The molecule has 3 aromatic rings. The van der Waals surface area contributed by atoms with Gasteiger partial charge in [0.1, 0.15) is 5.75 Å². The molecule has 5 rings (SSSR count). The van der Waals surface area contributed by atoms with Gasteiger partial charge in [0.25, 0.3) is 5.91 Å². The summed E-state index contributed by atoms with van der Waals surface area (Å²) in [5.74, 6) is 1.15. The van der Waals surface area contributed by atoms with Crippen molar-refractivity contribution < 1.29 is 19.4 Å². The molecule has 216 valence electrons. The van der Waals surface area contributed by atoms with Crippen molar-refractivity contribution in [3.63, 3.8) is 0 Å². The van der Waals surface area contributed by atoms with Crippen molar-refractivity contribution in [1.29, 1.82) is 0 Å². The molecule has 10 nitrogen and oxygen atoms in total. The second kappa shape index (κ2) is 13.8. The number of aliphatic hydroxyl groups excluding tert-OH is 1. The van der Waals surface area contributed by atoms with Crippen LogP contribution in [0.15, 0.2) is 95.0 Å². The molecule has 2 atom stereocenters. The second-order valence-electron chi connectivity index (χ2n) is 10.3. The van der Waals surface area contributed by atoms with Gasteiger partial charge in [0, 0.05) is 47.7 Å². The third-order valence-corrected chi connectivity index (χ3v) is 7.23. The van der Waals surface area contributed by atoms with Crippen LogP contribution in [0.5, 0.6) is 5.75 Å². The Hall–Kier alpha value is -4.63. The minimum absolute atomic E-state index is 0.0554. The van der Waals surface area contributed by atoms with Crippen molar-refractivity contribution in [2.45, 2.75) is 37.3 Å². The van der Waals surface area contributed by atoms with Gasteiger partial charge in [-0.05, 0) is 54.1 Å². The van der Waals surface area contributed by atoms with E-state index in [0.717, 1.165) is 18.4 Å². The number of benzene rings is 3. The molecule has 0 aromatic heterocycles. The van der Waals surface area contributed by atoms with Gasteiger partial charge in [0.05, 0.1) is 6.61 Å². The highest BCUT2D eigenvalue weighted by molar-refractivity contribution is 6.01. The molecule has 1 aliphatic heterocycles. The number of nitrogens with one attached hydrogen (secondary N) is 2. The number of amides is 1. The lowest BCUT2D eigenvalue weighted by molar-refractivity contribution is -0.129. The Morgan fingerprint density at radius 1 is 1.12 bits per heavy atom. The Bertz CT molecular complexity index is 1470. The SMILES string of the molecule is [N-]=[N+]=Nc1ccccc1[C@@H]1OC(c2ccc(OCCCO)cc2)=N[C@]1(C/C=C/c1ccccc1)C(=O)NNCC1CC1. The third-order valence-electron chi connectivity index (χ3n) is 7.23. The Labute approximate surface area is 244 Å². The topological polar surface area (TPSA) is 141 Å². The van der Waals surface area contributed by atoms with Gasteiger partial charge in [-0.2, -0.15) is 0 Å². The normalized spacial score (nSPS) is 19.5. The van der Waals surface area contributed by atoms with Crippen molar-refractivity contribution in [2.75, 3.05) is 19.8 Å². The van der Waals surface area contributed by atoms with Gasteiger partial charge >= 0.3 is 0 Å². The molecule has 0 bridgehead atoms. The Kier molecular flexibility index (Phi) is 9.51. The predicted octanol–water partition coefficient (Wildman–Crippen LogP) is 5.78. The number of azide groups is 1. The first-order chi connectivity index (χ1) is 20.6. The molecule has 3 N–H and O–H groups in total. The molecule has 2 aliphatic rings. The van der Waals surface area contributed by atoms with Crippen LogP contribution in [-0.2, 0) is 9.53 Å². The second-order valence-corrected chi connectivity index (χ2v) is 10.3. The first kappa shape index (κ1) is 28.9. The number of carbonyl (C=O) groups excluding carboxylic acids is 1. The van der Waals surface area contributed by atoms with E-state index in [9.17, 15) is 10.3 Å². The highest BCUT2D eigenvalue weighted by Crippen LogP contribution is 2.45. The summed E-state index contributed by atoms with van der Waals surface area (Å²) in [6.45, 7) is 1.13. The molecule has 1 saturated carbocycles. The van der Waals surface area contributed by atoms with Crippen molar-refractivity contribution in [3.05, 3.63) is 112 Å². The largest absolute Gasteiger partial charge is 0.494 e. The predicted molar refractivity (Wildman–Crippen MR) is 161 cm³/mol. The highest BCUT2D eigenvalue weighted by Gasteiger charge is 2.53. The summed E-state index contributed by atoms with van der Waals surface area (Å²) in [6, 6.07) is 24.2. The standard InChI is InChI=1S/C32H34N6O4/c33-38-36-28-12-5-4-11-27(28)29-32(31(40)37-34-22-24-13-14-24,19-6-10-23-8-2-1-3-9-23)35-30(42-29)25-15-17-26(18-16-25)41-21-7-20-39/h1-6,8-12,15-18,24,29,34,39H,7,13-14,19-22H2,(H,37,40)/b10-6+/t29-,32-/m0/s1. The summed E-state index contributed by atoms with van der Waals surface area (Å²) >= 11 is 0. The van der Waals surface area contributed by atoms with Crippen LogP contribution in [0.2, 0.25) is 0 Å². The van der Waals surface area contributed by atoms with Crippen LogP contribution in [0.4, 0.5) is 5.69 Å². The van der Waals surface area contributed by atoms with E-state index >= 15 is 0 Å². The van der Waals surface area contributed by atoms with Gasteiger partial charge in [0.15, 0.2) is 11.6 Å². The summed E-state index contributed by atoms with van der Waals surface area (Å²) < 4.78 is 12.2. The maximum absolute atomic E-state index is 14.1. The number of hydrazine groups is 1. The minimum Gasteiger partial charge on any atom is -0.494 e. The Balaban J connectivity index is 1.53. The lowest BCUT2D eigenvalue weighted by Crippen LogP contribution is -2.52. The van der Waals surface area contributed by atoms with E-state index in [-0.39, 0.29) is 18.9 Å². The summed E-state index contributed by atoms with van der Waals surface area (Å²) in [5, 5.41) is 12.9. The van der Waals surface area contributed by atoms with E-state index in [0.29, 0.717) is 54.0 Å². The smallest absolute Gasteiger partial charge is 0.266 e. The molecule has 0 saturated heterocycles. The number of hydrogen-bond acceptors (Lipinski definition) is 7. The third kappa shape index (κ3) is 6.98. The van der Waals surface area contributed by atoms with Gasteiger partial charge in [-0.25, -0.2) is 10.4 Å². The van der Waals surface area contributed by atoms with Crippen LogP contribution in [-0.4, -0.2) is 42.2 Å². The van der Waals surface area contributed by atoms with E-state index < -0.39 is 11.6 Å². The average molecular weight is 567 g/mol. The number of ether oxygens (including phenoxy) is 2. The van der Waals surface area contributed by atoms with Crippen LogP contribution in [0, 0.1) is 5.92 Å². The average Bonchev–Trinajstić information content (AvgIpc) is 3.77. The molecule has 3 aromatic carbocycles. The maximum atomic E-state index is 14.1. The Morgan fingerprint density at radius 3 is 2.62 bits per heavy atom. The molecule has 0 unspecified atom stereocenters. The molecule has 42 heavy (non-hydrogen) atoms. The molecule has 10 heteroatoms. The van der Waals surface area contributed by atoms with E-state index in [2.05, 4.69) is 20.9 Å². The highest BCUT2D eigenvalue weighted by atomic mass is 16.5. The molecular formula is C32H34N6O4. The van der Waals surface area contributed by atoms with Crippen molar-refractivity contribution in [3.8, 4) is 5.75 Å². The lowest BCUT2D eigenvalue weighted by Gasteiger charge is -2.30. The van der Waals surface area contributed by atoms with Gasteiger partial charge in [-0.3, -0.25) is 10.2 Å². The van der Waals surface area contributed by atoms with Crippen LogP contribution in [0.3, 0.4) is 0 Å². The first-order valence-electron chi connectivity index (χ1n) is 14.1. The van der Waals surface area contributed by atoms with Crippen molar-refractivity contribution in [2.24, 2.45) is 16.0 Å². The summed E-state index contributed by atoms with van der Waals surface area (Å²) in [4.78, 5) is 22.1. The van der Waals surface area contributed by atoms with Gasteiger partial charge in [-0.1, -0.05) is 71.9 Å². The number of nitrogens with zero attached hydrogens (tertiary/aromatic N) is 4. The fourth-order valence-corrected chi connectivity index (χ4v) is 4.79. The molecule has 1 fully saturated rings. The minimum atomic E-state index is -1.41. The zero-order chi connectivity index (χ0) is 29.2. The molecule has 1 amide bonds. The molecule has 0 radical (unpaired) electrons. The molecule has 0 spiro atoms. The van der Waals surface area contributed by atoms with Crippen LogP contribution in [0.25, 0.3) is 16.5 Å². The number of hydrogen-bond donors (Lipinski definition) is 3. The maximum Gasteiger partial charge on any atom is 0.266 e. The van der Waals surface area contributed by atoms with Gasteiger partial charge in [0.2, 0.25) is 5.90 Å². The summed E-state index contributed by atoms with van der Waals surface area (Å²) in [6.07, 6.45) is 6.04. The van der Waals surface area contributed by atoms with E-state index in [4.69, 9.17) is 19.6 Å². The number of rotatable bonds is 14. The number of aliphatic imine (C=N–C) groups is 1. The van der Waals surface area contributed by atoms with Crippen LogP contribution >= 0.6 is 0 Å². The first-order valence-corrected chi connectivity index (χ1v) is 14.1. The molecular weight excluding hydrogens is 532 g/mol. The zero-order valence-corrected chi connectivity index (χ0v) is 23.2. The monoisotopic (exact) mass is 566 g/mol.